The van der Waals surface area contributed by atoms with E-state index in [9.17, 15) is 13.2 Å². The number of hydrogen-bond donors (Lipinski definition) is 3. The molecule has 2 amide bonds. The Morgan fingerprint density at radius 2 is 1.76 bits per heavy atom. The van der Waals surface area contributed by atoms with Crippen LogP contribution in [0.3, 0.4) is 0 Å². The molecule has 0 radical (unpaired) electrons. The topological polar surface area (TPSA) is 116 Å². The van der Waals surface area contributed by atoms with Crippen molar-refractivity contribution in [2.24, 2.45) is 5.73 Å². The van der Waals surface area contributed by atoms with E-state index < -0.39 is 9.84 Å². The number of unbranched alkanes of at least 4 members (excludes halogenated alkanes) is 1. The molecule has 3 aromatic rings. The Morgan fingerprint density at radius 3 is 2.41 bits per heavy atom. The van der Waals surface area contributed by atoms with Crippen molar-refractivity contribution >= 4 is 27.4 Å². The maximum Gasteiger partial charge on any atom is 0.322 e. The van der Waals surface area contributed by atoms with Gasteiger partial charge in [0.2, 0.25) is 0 Å². The zero-order chi connectivity index (χ0) is 24.7. The first-order valence-electron chi connectivity index (χ1n) is 11.1. The van der Waals surface area contributed by atoms with Gasteiger partial charge < -0.3 is 16.0 Å². The van der Waals surface area contributed by atoms with Crippen LogP contribution in [0.25, 0.3) is 11.1 Å². The molecule has 3 rings (SSSR count). The standard InChI is InChI=1S/C26H30N4O3S/c1-3-4-15-30(18-19-9-8-12-21(16-19)25(27)28)26(31)29-22-13-14-23(20-10-6-5-7-11-20)24(17-22)34(2,32)33/h5-14,16-17H,3-4,15,18H2,1-2H3,(H3,27,28)(H,29,31). The van der Waals surface area contributed by atoms with Gasteiger partial charge in [-0.3, -0.25) is 5.41 Å². The van der Waals surface area contributed by atoms with E-state index in [2.05, 4.69) is 5.32 Å². The molecule has 0 bridgehead atoms. The average Bonchev–Trinajstić information content (AvgIpc) is 2.81. The minimum Gasteiger partial charge on any atom is -0.384 e. The fourth-order valence-electron chi connectivity index (χ4n) is 3.62. The minimum atomic E-state index is -3.53. The number of rotatable bonds is 9. The van der Waals surface area contributed by atoms with Crippen LogP contribution < -0.4 is 11.1 Å². The van der Waals surface area contributed by atoms with Crippen LogP contribution in [-0.2, 0) is 16.4 Å². The predicted octanol–water partition coefficient (Wildman–Crippen LogP) is 4.88. The Kier molecular flexibility index (Phi) is 8.07. The SMILES string of the molecule is CCCCN(Cc1cccc(C(=N)N)c1)C(=O)Nc1ccc(-c2ccccc2)c(S(C)(=O)=O)c1. The first-order valence-corrected chi connectivity index (χ1v) is 13.0. The largest absolute Gasteiger partial charge is 0.384 e. The zero-order valence-corrected chi connectivity index (χ0v) is 20.2. The lowest BCUT2D eigenvalue weighted by atomic mass is 10.1. The Hall–Kier alpha value is -3.65. The molecule has 8 heteroatoms. The summed E-state index contributed by atoms with van der Waals surface area (Å²) in [6.07, 6.45) is 2.90. The van der Waals surface area contributed by atoms with Gasteiger partial charge >= 0.3 is 6.03 Å². The highest BCUT2D eigenvalue weighted by atomic mass is 32.2. The quantitative estimate of drug-likeness (QED) is 0.300. The highest BCUT2D eigenvalue weighted by Gasteiger charge is 2.19. The summed E-state index contributed by atoms with van der Waals surface area (Å²) >= 11 is 0. The number of nitrogen functional groups attached to an aromatic ring is 1. The lowest BCUT2D eigenvalue weighted by Crippen LogP contribution is -2.35. The average molecular weight is 479 g/mol. The van der Waals surface area contributed by atoms with Crippen molar-refractivity contribution < 1.29 is 13.2 Å². The highest BCUT2D eigenvalue weighted by Crippen LogP contribution is 2.30. The van der Waals surface area contributed by atoms with Crippen molar-refractivity contribution in [3.8, 4) is 11.1 Å². The first kappa shape index (κ1) is 25.0. The molecule has 0 saturated heterocycles. The Labute approximate surface area is 201 Å². The molecule has 0 heterocycles. The molecule has 3 aromatic carbocycles. The second kappa shape index (κ2) is 11.0. The van der Waals surface area contributed by atoms with Crippen LogP contribution in [0.4, 0.5) is 10.5 Å². The zero-order valence-electron chi connectivity index (χ0n) is 19.4. The number of benzene rings is 3. The molecule has 0 saturated carbocycles. The van der Waals surface area contributed by atoms with Crippen LogP contribution in [0.15, 0.2) is 77.7 Å². The third kappa shape index (κ3) is 6.45. The molecule has 0 aliphatic rings. The third-order valence-corrected chi connectivity index (χ3v) is 6.53. The van der Waals surface area contributed by atoms with Crippen LogP contribution in [0, 0.1) is 5.41 Å². The summed E-state index contributed by atoms with van der Waals surface area (Å²) in [6, 6.07) is 21.1. The monoisotopic (exact) mass is 478 g/mol. The van der Waals surface area contributed by atoms with Gasteiger partial charge in [0.05, 0.1) is 4.90 Å². The van der Waals surface area contributed by atoms with Gasteiger partial charge in [-0.2, -0.15) is 0 Å². The number of carbonyl (C=O) groups excluding carboxylic acids is 1. The van der Waals surface area contributed by atoms with E-state index in [1.165, 1.54) is 6.07 Å². The Balaban J connectivity index is 1.87. The second-order valence-electron chi connectivity index (χ2n) is 8.17. The molecule has 0 aliphatic heterocycles. The fourth-order valence-corrected chi connectivity index (χ4v) is 4.55. The fraction of sp³-hybridized carbons (Fsp3) is 0.231. The second-order valence-corrected chi connectivity index (χ2v) is 10.2. The number of anilines is 1. The molecular formula is C26H30N4O3S. The molecule has 0 aromatic heterocycles. The smallest absolute Gasteiger partial charge is 0.322 e. The summed E-state index contributed by atoms with van der Waals surface area (Å²) in [5, 5.41) is 10.5. The van der Waals surface area contributed by atoms with Crippen molar-refractivity contribution in [2.45, 2.75) is 31.2 Å². The van der Waals surface area contributed by atoms with Crippen molar-refractivity contribution in [1.82, 2.24) is 4.90 Å². The van der Waals surface area contributed by atoms with Crippen molar-refractivity contribution in [2.75, 3.05) is 18.1 Å². The van der Waals surface area contributed by atoms with E-state index in [1.807, 2.05) is 49.4 Å². The van der Waals surface area contributed by atoms with Gasteiger partial charge in [0.15, 0.2) is 9.84 Å². The summed E-state index contributed by atoms with van der Waals surface area (Å²) in [5.74, 6) is -0.0294. The number of amidine groups is 1. The number of urea groups is 1. The van der Waals surface area contributed by atoms with Gasteiger partial charge in [-0.25, -0.2) is 13.2 Å². The van der Waals surface area contributed by atoms with Gasteiger partial charge in [-0.1, -0.05) is 67.9 Å². The van der Waals surface area contributed by atoms with Crippen molar-refractivity contribution in [1.29, 1.82) is 5.41 Å². The summed E-state index contributed by atoms with van der Waals surface area (Å²) in [4.78, 5) is 15.0. The van der Waals surface area contributed by atoms with E-state index in [0.29, 0.717) is 29.9 Å². The molecule has 0 fully saturated rings. The number of nitrogens with zero attached hydrogens (tertiary/aromatic N) is 1. The molecule has 0 spiro atoms. The molecular weight excluding hydrogens is 448 g/mol. The number of sulfone groups is 1. The van der Waals surface area contributed by atoms with Gasteiger partial charge in [0, 0.05) is 36.2 Å². The van der Waals surface area contributed by atoms with Crippen molar-refractivity contribution in [3.63, 3.8) is 0 Å². The van der Waals surface area contributed by atoms with Gasteiger partial charge in [-0.15, -0.1) is 0 Å². The number of nitrogens with two attached hydrogens (primary N) is 1. The number of carbonyl (C=O) groups is 1. The summed E-state index contributed by atoms with van der Waals surface area (Å²) in [7, 11) is -3.53. The maximum atomic E-state index is 13.2. The minimum absolute atomic E-state index is 0.0294. The first-order chi connectivity index (χ1) is 16.2. The Morgan fingerprint density at radius 1 is 1.03 bits per heavy atom. The lowest BCUT2D eigenvalue weighted by Gasteiger charge is -2.24. The van der Waals surface area contributed by atoms with Crippen LogP contribution >= 0.6 is 0 Å². The summed E-state index contributed by atoms with van der Waals surface area (Å²) < 4.78 is 25.0. The van der Waals surface area contributed by atoms with Gasteiger partial charge in [0.1, 0.15) is 5.84 Å². The third-order valence-electron chi connectivity index (χ3n) is 5.40. The van der Waals surface area contributed by atoms with Crippen LogP contribution in [0.5, 0.6) is 0 Å². The van der Waals surface area contributed by atoms with Crippen LogP contribution in [-0.4, -0.2) is 38.0 Å². The molecule has 34 heavy (non-hydrogen) atoms. The summed E-state index contributed by atoms with van der Waals surface area (Å²) in [6.45, 7) is 2.93. The molecule has 0 aliphatic carbocycles. The van der Waals surface area contributed by atoms with E-state index in [-0.39, 0.29) is 16.8 Å². The number of amides is 2. The van der Waals surface area contributed by atoms with Gasteiger partial charge in [0.25, 0.3) is 0 Å². The molecule has 0 unspecified atom stereocenters. The highest BCUT2D eigenvalue weighted by molar-refractivity contribution is 7.90. The molecule has 0 atom stereocenters. The Bertz CT molecular complexity index is 1270. The van der Waals surface area contributed by atoms with Crippen LogP contribution in [0.2, 0.25) is 0 Å². The normalized spacial score (nSPS) is 11.1. The van der Waals surface area contributed by atoms with E-state index in [0.717, 1.165) is 30.2 Å². The summed E-state index contributed by atoms with van der Waals surface area (Å²) in [5.41, 5.74) is 8.84. The predicted molar refractivity (Wildman–Crippen MR) is 137 cm³/mol. The van der Waals surface area contributed by atoms with E-state index in [1.54, 1.807) is 29.2 Å². The molecule has 7 nitrogen and oxygen atoms in total. The molecule has 4 N–H and O–H groups in total. The maximum absolute atomic E-state index is 13.2. The van der Waals surface area contributed by atoms with E-state index >= 15 is 0 Å². The van der Waals surface area contributed by atoms with Crippen molar-refractivity contribution in [3.05, 3.63) is 83.9 Å². The van der Waals surface area contributed by atoms with Crippen LogP contribution in [0.1, 0.15) is 30.9 Å². The number of hydrogen-bond acceptors (Lipinski definition) is 4. The van der Waals surface area contributed by atoms with E-state index in [4.69, 9.17) is 11.1 Å². The lowest BCUT2D eigenvalue weighted by molar-refractivity contribution is 0.208. The molecule has 178 valence electrons. The van der Waals surface area contributed by atoms with Gasteiger partial charge in [-0.05, 0) is 35.7 Å². The number of nitrogens with one attached hydrogen (secondary N) is 2.